The van der Waals surface area contributed by atoms with E-state index in [-0.39, 0.29) is 17.3 Å². The summed E-state index contributed by atoms with van der Waals surface area (Å²) in [7, 11) is 0. The molecule has 46 heavy (non-hydrogen) atoms. The smallest absolute Gasteiger partial charge is 0.335 e. The van der Waals surface area contributed by atoms with Crippen LogP contribution in [-0.2, 0) is 9.53 Å². The summed E-state index contributed by atoms with van der Waals surface area (Å²) < 4.78 is 17.5. The third kappa shape index (κ3) is 6.73. The van der Waals surface area contributed by atoms with E-state index in [0.717, 1.165) is 24.3 Å². The number of ketones is 1. The third-order valence-corrected chi connectivity index (χ3v) is 9.53. The predicted molar refractivity (Wildman–Crippen MR) is 170 cm³/mol. The van der Waals surface area contributed by atoms with E-state index in [0.29, 0.717) is 39.3 Å². The van der Waals surface area contributed by atoms with Crippen molar-refractivity contribution in [3.8, 4) is 27.7 Å². The lowest BCUT2D eigenvalue weighted by Crippen LogP contribution is -2.61. The van der Waals surface area contributed by atoms with E-state index >= 15 is 0 Å². The molecule has 4 aromatic rings. The Morgan fingerprint density at radius 2 is 1.57 bits per heavy atom. The molecule has 0 saturated carbocycles. The normalized spacial score (nSPS) is 23.7. The monoisotopic (exact) mass is 649 g/mol. The minimum atomic E-state index is -1.83. The van der Waals surface area contributed by atoms with Crippen molar-refractivity contribution in [3.63, 3.8) is 0 Å². The number of thiophene rings is 1. The number of phenols is 1. The summed E-state index contributed by atoms with van der Waals surface area (Å²) in [6, 6.07) is 18.5. The summed E-state index contributed by atoms with van der Waals surface area (Å²) in [5.41, 5.74) is 1.63. The molecule has 3 heterocycles. The Balaban J connectivity index is 1.21. The van der Waals surface area contributed by atoms with E-state index < -0.39 is 36.7 Å². The number of benzene rings is 3. The molecule has 242 valence electrons. The fourth-order valence-corrected chi connectivity index (χ4v) is 7.04. The Bertz CT molecular complexity index is 1680. The highest BCUT2D eigenvalue weighted by Gasteiger charge is 2.48. The minimum absolute atomic E-state index is 0.0760. The molecule has 6 rings (SSSR count). The summed E-state index contributed by atoms with van der Waals surface area (Å²) in [5, 5.41) is 50.4. The van der Waals surface area contributed by atoms with Gasteiger partial charge in [0.15, 0.2) is 11.9 Å². The zero-order valence-electron chi connectivity index (χ0n) is 24.8. The molecular formula is C34H35NO10S. The molecule has 5 N–H and O–H groups in total. The van der Waals surface area contributed by atoms with Gasteiger partial charge in [0.25, 0.3) is 0 Å². The number of carboxylic acids is 1. The number of fused-ring (bicyclic) bond motifs is 1. The van der Waals surface area contributed by atoms with Crippen LogP contribution in [0.25, 0.3) is 20.5 Å². The van der Waals surface area contributed by atoms with Crippen molar-refractivity contribution in [1.29, 1.82) is 0 Å². The lowest BCUT2D eigenvalue weighted by Gasteiger charge is -2.38. The summed E-state index contributed by atoms with van der Waals surface area (Å²) in [5.74, 6) is -0.744. The van der Waals surface area contributed by atoms with Gasteiger partial charge >= 0.3 is 5.97 Å². The Hall–Kier alpha value is -4.04. The van der Waals surface area contributed by atoms with Crippen LogP contribution in [0, 0.1) is 0 Å². The van der Waals surface area contributed by atoms with Crippen molar-refractivity contribution in [2.45, 2.75) is 50.0 Å². The number of carbonyl (C=O) groups excluding carboxylic acids is 1. The number of hydrogen-bond acceptors (Lipinski definition) is 11. The van der Waals surface area contributed by atoms with Gasteiger partial charge in [-0.25, -0.2) is 4.79 Å². The van der Waals surface area contributed by atoms with Gasteiger partial charge in [0.1, 0.15) is 42.2 Å². The van der Waals surface area contributed by atoms with E-state index in [2.05, 4.69) is 4.90 Å². The molecule has 1 aromatic heterocycles. The topological polar surface area (TPSA) is 166 Å². The molecule has 2 saturated heterocycles. The molecule has 0 bridgehead atoms. The van der Waals surface area contributed by atoms with Crippen molar-refractivity contribution in [3.05, 3.63) is 77.9 Å². The van der Waals surface area contributed by atoms with Crippen molar-refractivity contribution in [2.24, 2.45) is 0 Å². The zero-order valence-corrected chi connectivity index (χ0v) is 25.6. The van der Waals surface area contributed by atoms with Crippen LogP contribution in [-0.4, -0.2) is 99.1 Å². The largest absolute Gasteiger partial charge is 0.508 e. The Morgan fingerprint density at radius 3 is 2.26 bits per heavy atom. The molecule has 0 aliphatic carbocycles. The number of phenolic OH excluding ortho intramolecular Hbond substituents is 1. The molecule has 0 amide bonds. The van der Waals surface area contributed by atoms with E-state index in [1.807, 2.05) is 0 Å². The standard InChI is InChI=1S/C34H35NO10S/c36-21-8-13-24-25(18-21)46-32(20-6-11-23(12-7-20)44-34-30(40)28(38)29(39)31(45-34)33(41)42)26(24)27(37)19-4-9-22(10-5-19)43-17-16-35-14-2-1-3-15-35/h4-13,18,28-31,34,36,38-40H,1-3,14-17H2,(H,41,42)/t28-,29-,30-,31+,34+/m1/s1. The number of likely N-dealkylation sites (tertiary alicyclic amines) is 1. The second kappa shape index (κ2) is 13.8. The minimum Gasteiger partial charge on any atom is -0.508 e. The van der Waals surface area contributed by atoms with Crippen molar-refractivity contribution in [2.75, 3.05) is 26.2 Å². The van der Waals surface area contributed by atoms with Gasteiger partial charge in [-0.15, -0.1) is 11.3 Å². The first-order valence-corrected chi connectivity index (χ1v) is 16.0. The maximum atomic E-state index is 14.0. The number of aliphatic carboxylic acids is 1. The van der Waals surface area contributed by atoms with E-state index in [9.17, 15) is 35.1 Å². The highest BCUT2D eigenvalue weighted by atomic mass is 32.1. The number of carbonyl (C=O) groups is 2. The Labute approximate surface area is 268 Å². The number of carboxylic acid groups (broad SMARTS) is 1. The molecule has 2 aliphatic heterocycles. The fourth-order valence-electron chi connectivity index (χ4n) is 5.80. The number of piperidine rings is 1. The number of ether oxygens (including phenoxy) is 3. The maximum Gasteiger partial charge on any atom is 0.335 e. The van der Waals surface area contributed by atoms with Crippen LogP contribution in [0.1, 0.15) is 35.2 Å². The van der Waals surface area contributed by atoms with E-state index in [4.69, 9.17) is 14.2 Å². The predicted octanol–water partition coefficient (Wildman–Crippen LogP) is 3.64. The molecule has 0 radical (unpaired) electrons. The number of nitrogens with zero attached hydrogens (tertiary/aromatic N) is 1. The number of aliphatic hydroxyl groups excluding tert-OH is 3. The molecular weight excluding hydrogens is 614 g/mol. The Morgan fingerprint density at radius 1 is 0.870 bits per heavy atom. The van der Waals surface area contributed by atoms with E-state index in [1.165, 1.54) is 36.7 Å². The van der Waals surface area contributed by atoms with Crippen LogP contribution >= 0.6 is 11.3 Å². The number of hydrogen-bond donors (Lipinski definition) is 5. The Kier molecular flexibility index (Phi) is 9.54. The third-order valence-electron chi connectivity index (χ3n) is 8.32. The van der Waals surface area contributed by atoms with Crippen molar-refractivity contribution in [1.82, 2.24) is 4.90 Å². The van der Waals surface area contributed by atoms with Crippen LogP contribution in [0.4, 0.5) is 0 Å². The van der Waals surface area contributed by atoms with Gasteiger partial charge in [-0.05, 0) is 98.2 Å². The van der Waals surface area contributed by atoms with Crippen LogP contribution in [0.15, 0.2) is 66.7 Å². The zero-order chi connectivity index (χ0) is 32.4. The molecule has 2 aliphatic rings. The average molecular weight is 650 g/mol. The number of aromatic hydroxyl groups is 1. The maximum absolute atomic E-state index is 14.0. The molecule has 5 atom stereocenters. The van der Waals surface area contributed by atoms with Gasteiger partial charge in [0.2, 0.25) is 6.29 Å². The van der Waals surface area contributed by atoms with Gasteiger partial charge < -0.3 is 39.7 Å². The SMILES string of the molecule is O=C(c1ccc(OCCN2CCCCC2)cc1)c1c(-c2ccc(O[C@H]3O[C@H](C(=O)O)[C@H](O)[C@@H](O)[C@H]3O)cc2)sc2cc(O)ccc12. The summed E-state index contributed by atoms with van der Waals surface area (Å²) in [6.45, 7) is 3.64. The second-order valence-electron chi connectivity index (χ2n) is 11.5. The second-order valence-corrected chi connectivity index (χ2v) is 12.5. The quantitative estimate of drug-likeness (QED) is 0.159. The summed E-state index contributed by atoms with van der Waals surface area (Å²) >= 11 is 1.35. The average Bonchev–Trinajstić information content (AvgIpc) is 3.44. The number of aliphatic hydroxyl groups is 3. The van der Waals surface area contributed by atoms with Crippen LogP contribution < -0.4 is 9.47 Å². The molecule has 2 fully saturated rings. The number of rotatable bonds is 10. The summed E-state index contributed by atoms with van der Waals surface area (Å²) in [4.78, 5) is 28.5. The first-order chi connectivity index (χ1) is 22.2. The first kappa shape index (κ1) is 31.9. The first-order valence-electron chi connectivity index (χ1n) is 15.1. The van der Waals surface area contributed by atoms with Gasteiger partial charge in [-0.2, -0.15) is 0 Å². The van der Waals surface area contributed by atoms with Crippen LogP contribution in [0.5, 0.6) is 17.2 Å². The molecule has 0 unspecified atom stereocenters. The molecule has 11 nitrogen and oxygen atoms in total. The van der Waals surface area contributed by atoms with Gasteiger partial charge in [0.05, 0.1) is 0 Å². The highest BCUT2D eigenvalue weighted by molar-refractivity contribution is 7.22. The van der Waals surface area contributed by atoms with Gasteiger partial charge in [0, 0.05) is 32.6 Å². The lowest BCUT2D eigenvalue weighted by atomic mass is 9.97. The van der Waals surface area contributed by atoms with Gasteiger partial charge in [-0.3, -0.25) is 9.69 Å². The molecule has 0 spiro atoms. The van der Waals surface area contributed by atoms with E-state index in [1.54, 1.807) is 60.7 Å². The van der Waals surface area contributed by atoms with Crippen LogP contribution in [0.3, 0.4) is 0 Å². The van der Waals surface area contributed by atoms with Crippen molar-refractivity contribution >= 4 is 33.2 Å². The lowest BCUT2D eigenvalue weighted by molar-refractivity contribution is -0.271. The van der Waals surface area contributed by atoms with Crippen molar-refractivity contribution < 1.29 is 49.3 Å². The van der Waals surface area contributed by atoms with Crippen LogP contribution in [0.2, 0.25) is 0 Å². The summed E-state index contributed by atoms with van der Waals surface area (Å²) in [6.07, 6.45) is -4.93. The fraction of sp³-hybridized carbons (Fsp3) is 0.353. The van der Waals surface area contributed by atoms with Gasteiger partial charge in [-0.1, -0.05) is 6.42 Å². The highest BCUT2D eigenvalue weighted by Crippen LogP contribution is 2.42. The molecule has 12 heteroatoms. The molecule has 3 aromatic carbocycles.